The van der Waals surface area contributed by atoms with Crippen LogP contribution in [0.5, 0.6) is 0 Å². The minimum absolute atomic E-state index is 0.323. The van der Waals surface area contributed by atoms with Gasteiger partial charge in [-0.05, 0) is 24.0 Å². The topological polar surface area (TPSA) is 105 Å². The zero-order valence-electron chi connectivity index (χ0n) is 14.5. The van der Waals surface area contributed by atoms with Crippen LogP contribution in [-0.2, 0) is 12.8 Å². The Balaban J connectivity index is 1.68. The summed E-state index contributed by atoms with van der Waals surface area (Å²) in [5.41, 5.74) is 14.3. The van der Waals surface area contributed by atoms with E-state index in [2.05, 4.69) is 5.32 Å². The van der Waals surface area contributed by atoms with Crippen LogP contribution in [0.25, 0.3) is 0 Å². The summed E-state index contributed by atoms with van der Waals surface area (Å²) < 4.78 is 0. The minimum Gasteiger partial charge on any atom is -0.390 e. The number of aliphatic hydroxyl groups is 2. The lowest BCUT2D eigenvalue weighted by atomic mass is 10.0. The molecule has 5 nitrogen and oxygen atoms in total. The molecule has 0 amide bonds. The Morgan fingerprint density at radius 3 is 1.40 bits per heavy atom. The van der Waals surface area contributed by atoms with Crippen LogP contribution < -0.4 is 16.8 Å². The zero-order chi connectivity index (χ0) is 18.1. The molecule has 0 aromatic heterocycles. The Kier molecular flexibility index (Phi) is 8.04. The van der Waals surface area contributed by atoms with E-state index in [1.165, 1.54) is 0 Å². The van der Waals surface area contributed by atoms with Crippen LogP contribution in [-0.4, -0.2) is 47.6 Å². The van der Waals surface area contributed by atoms with E-state index in [4.69, 9.17) is 11.5 Å². The molecule has 5 heteroatoms. The van der Waals surface area contributed by atoms with Crippen LogP contribution in [0.1, 0.15) is 11.1 Å². The molecule has 0 heterocycles. The second-order valence-electron chi connectivity index (χ2n) is 6.50. The van der Waals surface area contributed by atoms with Crippen molar-refractivity contribution in [1.29, 1.82) is 0 Å². The first kappa shape index (κ1) is 19.6. The Hall–Kier alpha value is -1.76. The molecular weight excluding hydrogens is 314 g/mol. The predicted octanol–water partition coefficient (Wildman–Crippen LogP) is 0.438. The summed E-state index contributed by atoms with van der Waals surface area (Å²) in [5.74, 6) is 0. The van der Waals surface area contributed by atoms with Gasteiger partial charge in [0, 0.05) is 25.2 Å². The van der Waals surface area contributed by atoms with Gasteiger partial charge in [0.05, 0.1) is 12.2 Å². The van der Waals surface area contributed by atoms with Crippen molar-refractivity contribution in [2.45, 2.75) is 37.1 Å². The minimum atomic E-state index is -0.683. The van der Waals surface area contributed by atoms with Crippen LogP contribution in [0, 0.1) is 0 Å². The first-order valence-corrected chi connectivity index (χ1v) is 8.72. The second kappa shape index (κ2) is 10.3. The van der Waals surface area contributed by atoms with E-state index in [1.54, 1.807) is 0 Å². The smallest absolute Gasteiger partial charge is 0.0818 e. The van der Waals surface area contributed by atoms with Crippen LogP contribution in [0.3, 0.4) is 0 Å². The second-order valence-corrected chi connectivity index (χ2v) is 6.50. The molecule has 0 radical (unpaired) electrons. The zero-order valence-corrected chi connectivity index (χ0v) is 14.5. The molecule has 0 aliphatic rings. The molecule has 0 saturated carbocycles. The summed E-state index contributed by atoms with van der Waals surface area (Å²) in [7, 11) is 0. The highest BCUT2D eigenvalue weighted by Crippen LogP contribution is 2.06. The Bertz CT molecular complexity index is 541. The van der Waals surface area contributed by atoms with Gasteiger partial charge in [0.15, 0.2) is 0 Å². The standard InChI is InChI=1S/C20H29N3O2/c21-17(11-15-7-3-1-4-8-15)19(24)13-23-14-20(25)18(22)12-16-9-5-2-6-10-16/h1-10,17-20,23-25H,11-14,21-22H2/t17-,18?,19+,20?/m0/s1. The molecule has 25 heavy (non-hydrogen) atoms. The van der Waals surface area contributed by atoms with Gasteiger partial charge in [0.1, 0.15) is 0 Å². The van der Waals surface area contributed by atoms with Gasteiger partial charge in [-0.2, -0.15) is 0 Å². The number of hydrogen-bond acceptors (Lipinski definition) is 5. The average molecular weight is 343 g/mol. The average Bonchev–Trinajstić information content (AvgIpc) is 2.63. The van der Waals surface area contributed by atoms with Crippen LogP contribution >= 0.6 is 0 Å². The molecule has 2 aromatic rings. The predicted molar refractivity (Wildman–Crippen MR) is 101 cm³/mol. The van der Waals surface area contributed by atoms with Crippen molar-refractivity contribution in [3.05, 3.63) is 71.8 Å². The van der Waals surface area contributed by atoms with Crippen molar-refractivity contribution >= 4 is 0 Å². The van der Waals surface area contributed by atoms with Crippen molar-refractivity contribution in [1.82, 2.24) is 5.32 Å². The highest BCUT2D eigenvalue weighted by molar-refractivity contribution is 5.17. The third-order valence-electron chi connectivity index (χ3n) is 4.32. The maximum Gasteiger partial charge on any atom is 0.0818 e. The number of benzene rings is 2. The van der Waals surface area contributed by atoms with Crippen molar-refractivity contribution in [3.8, 4) is 0 Å². The fraction of sp³-hybridized carbons (Fsp3) is 0.400. The van der Waals surface area contributed by atoms with Gasteiger partial charge < -0.3 is 27.0 Å². The molecule has 2 unspecified atom stereocenters. The molecule has 7 N–H and O–H groups in total. The van der Waals surface area contributed by atoms with E-state index < -0.39 is 12.2 Å². The lowest BCUT2D eigenvalue weighted by molar-refractivity contribution is 0.116. The first-order valence-electron chi connectivity index (χ1n) is 8.72. The van der Waals surface area contributed by atoms with E-state index in [9.17, 15) is 10.2 Å². The fourth-order valence-corrected chi connectivity index (χ4v) is 2.73. The fourth-order valence-electron chi connectivity index (χ4n) is 2.73. The third kappa shape index (κ3) is 6.94. The van der Waals surface area contributed by atoms with E-state index >= 15 is 0 Å². The first-order chi connectivity index (χ1) is 12.1. The van der Waals surface area contributed by atoms with E-state index in [0.29, 0.717) is 25.9 Å². The van der Waals surface area contributed by atoms with E-state index in [-0.39, 0.29) is 12.1 Å². The van der Waals surface area contributed by atoms with Crippen molar-refractivity contribution in [3.63, 3.8) is 0 Å². The van der Waals surface area contributed by atoms with Crippen molar-refractivity contribution in [2.75, 3.05) is 13.1 Å². The summed E-state index contributed by atoms with van der Waals surface area (Å²) in [4.78, 5) is 0. The Labute approximate surface area is 149 Å². The number of aliphatic hydroxyl groups excluding tert-OH is 2. The van der Waals surface area contributed by atoms with Gasteiger partial charge in [0.2, 0.25) is 0 Å². The maximum atomic E-state index is 10.2. The summed E-state index contributed by atoms with van der Waals surface area (Å²) in [6, 6.07) is 19.0. The molecule has 4 atom stereocenters. The Morgan fingerprint density at radius 1 is 0.680 bits per heavy atom. The lowest BCUT2D eigenvalue weighted by Gasteiger charge is -2.22. The molecule has 0 aliphatic carbocycles. The summed E-state index contributed by atoms with van der Waals surface area (Å²) in [6.45, 7) is 0.645. The third-order valence-corrected chi connectivity index (χ3v) is 4.32. The summed E-state index contributed by atoms with van der Waals surface area (Å²) in [5, 5.41) is 23.4. The van der Waals surface area contributed by atoms with E-state index in [0.717, 1.165) is 11.1 Å². The molecule has 0 spiro atoms. The van der Waals surface area contributed by atoms with Gasteiger partial charge in [-0.3, -0.25) is 0 Å². The number of rotatable bonds is 10. The SMILES string of the molecule is NC(Cc1ccccc1)C(O)CNC[C@@H](O)[C@@H](N)Cc1ccccc1. The Morgan fingerprint density at radius 2 is 1.04 bits per heavy atom. The number of nitrogens with two attached hydrogens (primary N) is 2. The summed E-state index contributed by atoms with van der Waals surface area (Å²) >= 11 is 0. The summed E-state index contributed by atoms with van der Waals surface area (Å²) in [6.07, 6.45) is -0.144. The van der Waals surface area contributed by atoms with Gasteiger partial charge in [-0.1, -0.05) is 60.7 Å². The van der Waals surface area contributed by atoms with Crippen LogP contribution in [0.4, 0.5) is 0 Å². The van der Waals surface area contributed by atoms with Gasteiger partial charge >= 0.3 is 0 Å². The molecule has 136 valence electrons. The van der Waals surface area contributed by atoms with E-state index in [1.807, 2.05) is 60.7 Å². The van der Waals surface area contributed by atoms with Gasteiger partial charge in [-0.15, -0.1) is 0 Å². The van der Waals surface area contributed by atoms with Crippen molar-refractivity contribution in [2.24, 2.45) is 11.5 Å². The maximum absolute atomic E-state index is 10.2. The molecule has 2 rings (SSSR count). The van der Waals surface area contributed by atoms with Crippen molar-refractivity contribution < 1.29 is 10.2 Å². The highest BCUT2D eigenvalue weighted by atomic mass is 16.3. The number of nitrogens with one attached hydrogen (secondary N) is 1. The monoisotopic (exact) mass is 343 g/mol. The quantitative estimate of drug-likeness (QED) is 0.430. The van der Waals surface area contributed by atoms with Gasteiger partial charge in [-0.25, -0.2) is 0 Å². The van der Waals surface area contributed by atoms with Gasteiger partial charge in [0.25, 0.3) is 0 Å². The molecule has 0 aliphatic heterocycles. The molecule has 0 bridgehead atoms. The molecule has 0 saturated heterocycles. The molecule has 0 fully saturated rings. The van der Waals surface area contributed by atoms with Crippen LogP contribution in [0.15, 0.2) is 60.7 Å². The largest absolute Gasteiger partial charge is 0.390 e. The number of hydrogen-bond donors (Lipinski definition) is 5. The lowest BCUT2D eigenvalue weighted by Crippen LogP contribution is -2.47. The molecular formula is C20H29N3O2. The molecule has 2 aromatic carbocycles. The van der Waals surface area contributed by atoms with Crippen LogP contribution in [0.2, 0.25) is 0 Å². The highest BCUT2D eigenvalue weighted by Gasteiger charge is 2.18. The normalized spacial score (nSPS) is 16.2.